The molecule has 25 heavy (non-hydrogen) atoms. The van der Waals surface area contributed by atoms with Crippen LogP contribution in [-0.4, -0.2) is 0 Å². The molecule has 2 heteroatoms. The second kappa shape index (κ2) is 11.2. The van der Waals surface area contributed by atoms with Gasteiger partial charge in [-0.25, -0.2) is 0 Å². The van der Waals surface area contributed by atoms with Gasteiger partial charge in [-0.3, -0.25) is 0 Å². The van der Waals surface area contributed by atoms with E-state index in [1.165, 1.54) is 21.8 Å². The van der Waals surface area contributed by atoms with Gasteiger partial charge in [0, 0.05) is 22.7 Å². The van der Waals surface area contributed by atoms with E-state index in [4.69, 9.17) is 0 Å². The number of hydrogen-bond donors (Lipinski definition) is 0. The first kappa shape index (κ1) is 20.7. The number of rotatable bonds is 3. The largest absolute Gasteiger partial charge is 0.0622 e. The molecule has 0 aromatic heterocycles. The third kappa shape index (κ3) is 5.96. The summed E-state index contributed by atoms with van der Waals surface area (Å²) in [4.78, 5) is 0. The average Bonchev–Trinajstić information content (AvgIpc) is 3.34. The molecule has 0 bridgehead atoms. The maximum atomic E-state index is 2.26. The molecule has 126 valence electrons. The fraction of sp³-hybridized carbons (Fsp3) is 0.0435. The number of hydrogen-bond acceptors (Lipinski definition) is 0. The second-order valence-electron chi connectivity index (χ2n) is 5.56. The maximum Gasteiger partial charge on any atom is 0.0161 e. The molecule has 0 amide bonds. The molecule has 0 heterocycles. The van der Waals surface area contributed by atoms with E-state index >= 15 is 0 Å². The first-order valence-electron chi connectivity index (χ1n) is 8.15. The second-order valence-corrected chi connectivity index (χ2v) is 7.75. The van der Waals surface area contributed by atoms with Gasteiger partial charge in [-0.05, 0) is 88.8 Å². The van der Waals surface area contributed by atoms with Crippen molar-refractivity contribution in [2.45, 2.75) is 6.92 Å². The van der Waals surface area contributed by atoms with Crippen molar-refractivity contribution < 1.29 is 17.1 Å². The summed E-state index contributed by atoms with van der Waals surface area (Å²) in [6.07, 6.45) is 18.7. The van der Waals surface area contributed by atoms with Gasteiger partial charge >= 0.3 is 0 Å². The molecule has 2 fully saturated rings. The van der Waals surface area contributed by atoms with Crippen LogP contribution in [-0.2, 0) is 17.1 Å². The summed E-state index contributed by atoms with van der Waals surface area (Å²) in [6.45, 7) is 2.20. The molecule has 0 aliphatic heterocycles. The zero-order valence-electron chi connectivity index (χ0n) is 14.2. The standard InChI is InChI=1S/C18H16P.C5H5.Fe/c1-15-9-5-8-14-18(15)19(17-12-6-7-13-17)16-10-3-2-4-11-16;1-2-4-5-3-1;/h2-14H,1H3;1-5H;/t19-;;/m1../s1. The maximum absolute atomic E-state index is 2.26. The predicted molar refractivity (Wildman–Crippen MR) is 106 cm³/mol. The van der Waals surface area contributed by atoms with E-state index in [-0.39, 0.29) is 17.1 Å². The van der Waals surface area contributed by atoms with Crippen molar-refractivity contribution >= 4 is 18.5 Å². The molecular weight excluding hydrogens is 363 g/mol. The smallest absolute Gasteiger partial charge is 0.0161 e. The summed E-state index contributed by atoms with van der Waals surface area (Å²) in [5, 5.41) is 2.87. The molecule has 0 spiro atoms. The fourth-order valence-corrected chi connectivity index (χ4v) is 5.11. The summed E-state index contributed by atoms with van der Waals surface area (Å²) in [5.74, 6) is 0. The summed E-state index contributed by atoms with van der Waals surface area (Å²) in [6, 6.07) is 19.6. The van der Waals surface area contributed by atoms with Crippen LogP contribution in [0.4, 0.5) is 0 Å². The molecule has 2 aromatic rings. The molecule has 1 atom stereocenters. The van der Waals surface area contributed by atoms with Crippen LogP contribution in [0.5, 0.6) is 0 Å². The van der Waals surface area contributed by atoms with Gasteiger partial charge in [0.15, 0.2) is 0 Å². The number of aryl methyl sites for hydroxylation is 1. The van der Waals surface area contributed by atoms with E-state index in [2.05, 4.69) is 87.2 Å². The molecule has 2 saturated carbocycles. The topological polar surface area (TPSA) is 0 Å². The van der Waals surface area contributed by atoms with Crippen molar-refractivity contribution in [3.63, 3.8) is 0 Å². The van der Waals surface area contributed by atoms with Crippen LogP contribution in [0.2, 0.25) is 0 Å². The van der Waals surface area contributed by atoms with Crippen LogP contribution in [0.25, 0.3) is 0 Å². The normalized spacial score (nSPS) is 18.1. The third-order valence-electron chi connectivity index (χ3n) is 3.83. The van der Waals surface area contributed by atoms with Crippen LogP contribution in [0.1, 0.15) is 5.56 Å². The van der Waals surface area contributed by atoms with E-state index in [0.717, 1.165) is 0 Å². The summed E-state index contributed by atoms with van der Waals surface area (Å²) in [7, 11) is -0.430. The molecule has 0 saturated heterocycles. The van der Waals surface area contributed by atoms with E-state index in [1.54, 1.807) is 0 Å². The van der Waals surface area contributed by atoms with Gasteiger partial charge in [-0.15, -0.1) is 0 Å². The fourth-order valence-electron chi connectivity index (χ4n) is 2.65. The van der Waals surface area contributed by atoms with Gasteiger partial charge in [0.1, 0.15) is 0 Å². The van der Waals surface area contributed by atoms with Crippen molar-refractivity contribution in [2.24, 2.45) is 0 Å². The van der Waals surface area contributed by atoms with Gasteiger partial charge in [0.05, 0.1) is 0 Å². The average molecular weight is 384 g/mol. The molecule has 0 nitrogen and oxygen atoms in total. The minimum absolute atomic E-state index is 0. The summed E-state index contributed by atoms with van der Waals surface area (Å²) in [5.41, 5.74) is 2.80. The van der Waals surface area contributed by atoms with Gasteiger partial charge < -0.3 is 0 Å². The number of benzene rings is 2. The molecule has 10 radical (unpaired) electrons. The molecule has 2 aliphatic carbocycles. The minimum Gasteiger partial charge on any atom is -0.0622 e. The van der Waals surface area contributed by atoms with E-state index in [0.29, 0.717) is 0 Å². The van der Waals surface area contributed by atoms with Crippen LogP contribution in [0.3, 0.4) is 0 Å². The Kier molecular flexibility index (Phi) is 9.25. The van der Waals surface area contributed by atoms with E-state index < -0.39 is 7.92 Å². The van der Waals surface area contributed by atoms with Crippen molar-refractivity contribution in [1.29, 1.82) is 0 Å². The van der Waals surface area contributed by atoms with Crippen LogP contribution in [0, 0.1) is 70.4 Å². The third-order valence-corrected chi connectivity index (χ3v) is 6.44. The molecule has 2 aromatic carbocycles. The monoisotopic (exact) mass is 384 g/mol. The van der Waals surface area contributed by atoms with Gasteiger partial charge in [-0.2, -0.15) is 0 Å². The zero-order chi connectivity index (χ0) is 16.6. The first-order chi connectivity index (χ1) is 11.9. The Morgan fingerprint density at radius 2 is 1.12 bits per heavy atom. The SMILES string of the molecule is Cc1ccccc1[P@@]([C]1[CH][CH][CH][CH]1)c1ccccc1.[CH]1[CH][CH][CH][CH]1.[Fe]. The first-order valence-corrected chi connectivity index (χ1v) is 9.49. The van der Waals surface area contributed by atoms with Gasteiger partial charge in [0.2, 0.25) is 0 Å². The zero-order valence-corrected chi connectivity index (χ0v) is 16.2. The minimum atomic E-state index is -0.430. The van der Waals surface area contributed by atoms with Crippen LogP contribution in [0.15, 0.2) is 54.6 Å². The summed E-state index contributed by atoms with van der Waals surface area (Å²) < 4.78 is 0. The molecule has 4 rings (SSSR count). The Bertz CT molecular complexity index is 593. The Morgan fingerprint density at radius 1 is 0.600 bits per heavy atom. The molecule has 0 N–H and O–H groups in total. The van der Waals surface area contributed by atoms with Crippen molar-refractivity contribution in [3.05, 3.63) is 124 Å². The van der Waals surface area contributed by atoms with Gasteiger partial charge in [0.25, 0.3) is 0 Å². The Labute approximate surface area is 166 Å². The Balaban J connectivity index is 0.000000325. The predicted octanol–water partition coefficient (Wildman–Crippen LogP) is 4.81. The Morgan fingerprint density at radius 3 is 1.68 bits per heavy atom. The van der Waals surface area contributed by atoms with Crippen molar-refractivity contribution in [2.75, 3.05) is 0 Å². The molecule has 2 aliphatic rings. The molecular formula is C23H21FeP. The van der Waals surface area contributed by atoms with E-state index in [9.17, 15) is 0 Å². The quantitative estimate of drug-likeness (QED) is 0.526. The van der Waals surface area contributed by atoms with Crippen LogP contribution >= 0.6 is 7.92 Å². The van der Waals surface area contributed by atoms with E-state index in [1.807, 2.05) is 32.1 Å². The Hall–Kier alpha value is -0.611. The van der Waals surface area contributed by atoms with Crippen LogP contribution < -0.4 is 10.6 Å². The summed E-state index contributed by atoms with van der Waals surface area (Å²) >= 11 is 0. The van der Waals surface area contributed by atoms with Crippen molar-refractivity contribution in [3.8, 4) is 0 Å². The van der Waals surface area contributed by atoms with Gasteiger partial charge in [-0.1, -0.05) is 54.6 Å². The van der Waals surface area contributed by atoms with Crippen molar-refractivity contribution in [1.82, 2.24) is 0 Å². The molecule has 0 unspecified atom stereocenters.